The maximum Gasteiger partial charge on any atom is 0.263 e. The van der Waals surface area contributed by atoms with Gasteiger partial charge in [0.1, 0.15) is 16.4 Å². The number of ether oxygens (including phenoxy) is 2. The van der Waals surface area contributed by atoms with Crippen LogP contribution >= 0.6 is 11.6 Å². The molecule has 3 rings (SSSR count). The Labute approximate surface area is 179 Å². The molecule has 3 aromatic carbocycles. The molecule has 156 valence electrons. The fourth-order valence-electron chi connectivity index (χ4n) is 2.66. The topological polar surface area (TPSA) is 93.7 Å². The molecule has 3 aromatic rings. The molecule has 0 heterocycles. The smallest absolute Gasteiger partial charge is 0.263 e. The van der Waals surface area contributed by atoms with Crippen molar-refractivity contribution in [3.8, 4) is 11.5 Å². The van der Waals surface area contributed by atoms with E-state index >= 15 is 0 Å². The van der Waals surface area contributed by atoms with Gasteiger partial charge < -0.3 is 14.8 Å². The van der Waals surface area contributed by atoms with E-state index in [-0.39, 0.29) is 21.2 Å². The highest BCUT2D eigenvalue weighted by Crippen LogP contribution is 2.29. The number of para-hydroxylation sites is 2. The summed E-state index contributed by atoms with van der Waals surface area (Å²) in [5.41, 5.74) is 0.923. The first kappa shape index (κ1) is 21.5. The van der Waals surface area contributed by atoms with Crippen LogP contribution < -0.4 is 19.5 Å². The van der Waals surface area contributed by atoms with Gasteiger partial charge in [-0.2, -0.15) is 0 Å². The van der Waals surface area contributed by atoms with Gasteiger partial charge in [0, 0.05) is 11.3 Å². The predicted octanol–water partition coefficient (Wildman–Crippen LogP) is 4.41. The van der Waals surface area contributed by atoms with Crippen LogP contribution in [0.15, 0.2) is 71.6 Å². The number of rotatable bonds is 7. The maximum absolute atomic E-state index is 12.9. The largest absolute Gasteiger partial charge is 0.497 e. The molecule has 0 atom stereocenters. The number of benzene rings is 3. The molecule has 0 aliphatic heterocycles. The van der Waals surface area contributed by atoms with Gasteiger partial charge in [-0.1, -0.05) is 23.7 Å². The third kappa shape index (κ3) is 4.84. The SMILES string of the molecule is COc1ccc(NC(=O)c2ccc(Cl)c(S(=O)(=O)Nc3ccccc3OC)c2)cc1. The monoisotopic (exact) mass is 446 g/mol. The minimum Gasteiger partial charge on any atom is -0.497 e. The van der Waals surface area contributed by atoms with Crippen LogP contribution in [0.1, 0.15) is 10.4 Å². The lowest BCUT2D eigenvalue weighted by Gasteiger charge is -2.13. The molecule has 0 aliphatic carbocycles. The Hall–Kier alpha value is -3.23. The fraction of sp³-hybridized carbons (Fsp3) is 0.0952. The Morgan fingerprint density at radius 1 is 0.933 bits per heavy atom. The zero-order chi connectivity index (χ0) is 21.7. The quantitative estimate of drug-likeness (QED) is 0.560. The van der Waals surface area contributed by atoms with Gasteiger partial charge in [-0.05, 0) is 54.6 Å². The molecular weight excluding hydrogens is 428 g/mol. The van der Waals surface area contributed by atoms with Crippen molar-refractivity contribution >= 4 is 38.9 Å². The van der Waals surface area contributed by atoms with Gasteiger partial charge in [-0.15, -0.1) is 0 Å². The Balaban J connectivity index is 1.87. The highest BCUT2D eigenvalue weighted by molar-refractivity contribution is 7.92. The van der Waals surface area contributed by atoms with Gasteiger partial charge in [-0.25, -0.2) is 8.42 Å². The van der Waals surface area contributed by atoms with E-state index in [1.807, 2.05) is 0 Å². The number of carbonyl (C=O) groups is 1. The average Bonchev–Trinajstić information content (AvgIpc) is 2.74. The van der Waals surface area contributed by atoms with E-state index in [1.54, 1.807) is 55.6 Å². The molecule has 0 unspecified atom stereocenters. The summed E-state index contributed by atoms with van der Waals surface area (Å²) in [5, 5.41) is 2.69. The third-order valence-electron chi connectivity index (χ3n) is 4.18. The van der Waals surface area contributed by atoms with Crippen LogP contribution in [0.3, 0.4) is 0 Å². The second kappa shape index (κ2) is 9.06. The fourth-order valence-corrected chi connectivity index (χ4v) is 4.25. The van der Waals surface area contributed by atoms with Crippen molar-refractivity contribution in [2.24, 2.45) is 0 Å². The number of hydrogen-bond acceptors (Lipinski definition) is 5. The number of amides is 1. The van der Waals surface area contributed by atoms with E-state index in [2.05, 4.69) is 10.0 Å². The zero-order valence-corrected chi connectivity index (χ0v) is 17.8. The minimum atomic E-state index is -4.07. The van der Waals surface area contributed by atoms with Crippen LogP contribution in [-0.2, 0) is 10.0 Å². The van der Waals surface area contributed by atoms with Crippen LogP contribution in [0.2, 0.25) is 5.02 Å². The lowest BCUT2D eigenvalue weighted by atomic mass is 10.2. The van der Waals surface area contributed by atoms with E-state index in [0.29, 0.717) is 17.2 Å². The summed E-state index contributed by atoms with van der Waals surface area (Å²) in [6, 6.07) is 17.3. The van der Waals surface area contributed by atoms with Crippen molar-refractivity contribution in [2.45, 2.75) is 4.90 Å². The molecule has 1 amide bonds. The summed E-state index contributed by atoms with van der Waals surface area (Å²) in [6.07, 6.45) is 0. The molecule has 9 heteroatoms. The highest BCUT2D eigenvalue weighted by atomic mass is 35.5. The Morgan fingerprint density at radius 3 is 2.30 bits per heavy atom. The molecule has 2 N–H and O–H groups in total. The third-order valence-corrected chi connectivity index (χ3v) is 6.03. The second-order valence-corrected chi connectivity index (χ2v) is 8.19. The van der Waals surface area contributed by atoms with Crippen LogP contribution in [-0.4, -0.2) is 28.5 Å². The molecule has 0 fully saturated rings. The van der Waals surface area contributed by atoms with Crippen molar-refractivity contribution < 1.29 is 22.7 Å². The lowest BCUT2D eigenvalue weighted by molar-refractivity contribution is 0.102. The summed E-state index contributed by atoms with van der Waals surface area (Å²) in [7, 11) is -1.09. The summed E-state index contributed by atoms with van der Waals surface area (Å²) in [6.45, 7) is 0. The molecule has 0 aliphatic rings. The highest BCUT2D eigenvalue weighted by Gasteiger charge is 2.22. The normalized spacial score (nSPS) is 10.9. The van der Waals surface area contributed by atoms with Crippen molar-refractivity contribution in [1.29, 1.82) is 0 Å². The van der Waals surface area contributed by atoms with Gasteiger partial charge in [0.25, 0.3) is 15.9 Å². The zero-order valence-electron chi connectivity index (χ0n) is 16.2. The molecule has 0 bridgehead atoms. The standard InChI is InChI=1S/C21H19ClN2O5S/c1-28-16-10-8-15(9-11-16)23-21(25)14-7-12-17(22)20(13-14)30(26,27)24-18-5-3-4-6-19(18)29-2/h3-13,24H,1-2H3,(H,23,25). The number of carbonyl (C=O) groups excluding carboxylic acids is 1. The number of sulfonamides is 1. The van der Waals surface area contributed by atoms with Crippen LogP contribution in [0.25, 0.3) is 0 Å². The van der Waals surface area contributed by atoms with Gasteiger partial charge in [0.15, 0.2) is 0 Å². The van der Waals surface area contributed by atoms with Gasteiger partial charge in [0.2, 0.25) is 0 Å². The first-order valence-corrected chi connectivity index (χ1v) is 10.6. The second-order valence-electron chi connectivity index (χ2n) is 6.13. The first-order chi connectivity index (χ1) is 14.3. The lowest BCUT2D eigenvalue weighted by Crippen LogP contribution is -2.17. The predicted molar refractivity (Wildman–Crippen MR) is 116 cm³/mol. The summed E-state index contributed by atoms with van der Waals surface area (Å²) < 4.78 is 38.5. The van der Waals surface area contributed by atoms with Crippen molar-refractivity contribution in [1.82, 2.24) is 0 Å². The minimum absolute atomic E-state index is 0.0154. The van der Waals surface area contributed by atoms with E-state index < -0.39 is 15.9 Å². The first-order valence-electron chi connectivity index (χ1n) is 8.75. The van der Waals surface area contributed by atoms with Gasteiger partial charge in [-0.3, -0.25) is 9.52 Å². The molecule has 0 radical (unpaired) electrons. The van der Waals surface area contributed by atoms with Crippen molar-refractivity contribution in [3.63, 3.8) is 0 Å². The van der Waals surface area contributed by atoms with E-state index in [9.17, 15) is 13.2 Å². The summed E-state index contributed by atoms with van der Waals surface area (Å²) in [4.78, 5) is 12.4. The average molecular weight is 447 g/mol. The molecule has 0 saturated carbocycles. The van der Waals surface area contributed by atoms with Crippen LogP contribution in [0.5, 0.6) is 11.5 Å². The van der Waals surface area contributed by atoms with E-state index in [4.69, 9.17) is 21.1 Å². The molecule has 7 nitrogen and oxygen atoms in total. The van der Waals surface area contributed by atoms with Crippen LogP contribution in [0.4, 0.5) is 11.4 Å². The number of halogens is 1. The summed E-state index contributed by atoms with van der Waals surface area (Å²) in [5.74, 6) is 0.520. The Morgan fingerprint density at radius 2 is 1.63 bits per heavy atom. The maximum atomic E-state index is 12.9. The number of hydrogen-bond donors (Lipinski definition) is 2. The van der Waals surface area contributed by atoms with Gasteiger partial charge >= 0.3 is 0 Å². The molecular formula is C21H19ClN2O5S. The van der Waals surface area contributed by atoms with E-state index in [0.717, 1.165) is 0 Å². The summed E-state index contributed by atoms with van der Waals surface area (Å²) >= 11 is 6.12. The Kier molecular flexibility index (Phi) is 6.49. The van der Waals surface area contributed by atoms with Crippen LogP contribution in [0, 0.1) is 0 Å². The molecule has 30 heavy (non-hydrogen) atoms. The van der Waals surface area contributed by atoms with E-state index in [1.165, 1.54) is 25.3 Å². The molecule has 0 spiro atoms. The number of nitrogens with one attached hydrogen (secondary N) is 2. The van der Waals surface area contributed by atoms with Crippen molar-refractivity contribution in [2.75, 3.05) is 24.3 Å². The number of anilines is 2. The Bertz CT molecular complexity index is 1160. The number of methoxy groups -OCH3 is 2. The molecule has 0 aromatic heterocycles. The molecule has 0 saturated heterocycles. The van der Waals surface area contributed by atoms with Gasteiger partial charge in [0.05, 0.1) is 24.9 Å². The van der Waals surface area contributed by atoms with Crippen molar-refractivity contribution in [3.05, 3.63) is 77.3 Å².